The van der Waals surface area contributed by atoms with Crippen LogP contribution in [0.5, 0.6) is 5.75 Å². The fraction of sp³-hybridized carbons (Fsp3) is 0.464. The molecule has 3 unspecified atom stereocenters. The molecule has 0 spiro atoms. The second kappa shape index (κ2) is 10.1. The lowest BCUT2D eigenvalue weighted by atomic mass is 9.76. The van der Waals surface area contributed by atoms with Crippen LogP contribution < -0.4 is 4.74 Å². The average Bonchev–Trinajstić information content (AvgIpc) is 3.72. The summed E-state index contributed by atoms with van der Waals surface area (Å²) >= 11 is 0. The van der Waals surface area contributed by atoms with Crippen molar-refractivity contribution in [3.05, 3.63) is 76.9 Å². The number of epoxide rings is 1. The highest BCUT2D eigenvalue weighted by Gasteiger charge is 2.38. The molecule has 4 nitrogen and oxygen atoms in total. The van der Waals surface area contributed by atoms with Crippen molar-refractivity contribution in [2.24, 2.45) is 17.8 Å². The van der Waals surface area contributed by atoms with Gasteiger partial charge in [-0.3, -0.25) is 4.79 Å². The Balaban J connectivity index is 1.17. The standard InChI is InChI=1S/C28H29F3O4/c1-33-20-9-6-17(7-10-20)21-12-13-24(27(31)26(21)30)35-28(32)18-4-2-16(3-5-18)19-8-11-22(23(29)14-19)25-15-34-25/h6,8-10,12-14,16-18,22,25H,2-5,7,11,15H2,1H3. The van der Waals surface area contributed by atoms with Crippen LogP contribution in [0, 0.1) is 29.4 Å². The first-order valence-electron chi connectivity index (χ1n) is 12.2. The molecule has 1 aromatic carbocycles. The highest BCUT2D eigenvalue weighted by atomic mass is 19.2. The molecule has 1 heterocycles. The van der Waals surface area contributed by atoms with E-state index < -0.39 is 23.5 Å². The van der Waals surface area contributed by atoms with Crippen molar-refractivity contribution >= 4 is 5.97 Å². The van der Waals surface area contributed by atoms with Gasteiger partial charge in [0.25, 0.3) is 0 Å². The van der Waals surface area contributed by atoms with Crippen LogP contribution in [0.15, 0.2) is 59.7 Å². The van der Waals surface area contributed by atoms with Crippen molar-refractivity contribution in [2.75, 3.05) is 13.7 Å². The van der Waals surface area contributed by atoms with E-state index in [0.29, 0.717) is 38.0 Å². The van der Waals surface area contributed by atoms with Crippen molar-refractivity contribution in [3.63, 3.8) is 0 Å². The Kier molecular flexibility index (Phi) is 6.87. The van der Waals surface area contributed by atoms with Crippen molar-refractivity contribution in [1.29, 1.82) is 0 Å². The summed E-state index contributed by atoms with van der Waals surface area (Å²) in [6.45, 7) is 0.625. The average molecular weight is 487 g/mol. The van der Waals surface area contributed by atoms with Crippen LogP contribution in [-0.2, 0) is 14.3 Å². The number of carbonyl (C=O) groups excluding carboxylic acids is 1. The van der Waals surface area contributed by atoms with Gasteiger partial charge in [0, 0.05) is 11.8 Å². The molecule has 7 heteroatoms. The zero-order valence-corrected chi connectivity index (χ0v) is 19.6. The summed E-state index contributed by atoms with van der Waals surface area (Å²) in [4.78, 5) is 12.7. The predicted octanol–water partition coefficient (Wildman–Crippen LogP) is 6.45. The van der Waals surface area contributed by atoms with Crippen LogP contribution in [0.2, 0.25) is 0 Å². The first-order valence-corrected chi connectivity index (χ1v) is 12.2. The Labute approximate surface area is 203 Å². The van der Waals surface area contributed by atoms with Gasteiger partial charge in [-0.05, 0) is 79.9 Å². The second-order valence-electron chi connectivity index (χ2n) is 9.71. The maximum atomic E-state index is 14.8. The summed E-state index contributed by atoms with van der Waals surface area (Å²) in [6, 6.07) is 2.79. The summed E-state index contributed by atoms with van der Waals surface area (Å²) in [5.41, 5.74) is 1.20. The smallest absolute Gasteiger partial charge is 0.314 e. The van der Waals surface area contributed by atoms with Crippen LogP contribution in [0.4, 0.5) is 13.2 Å². The highest BCUT2D eigenvalue weighted by molar-refractivity contribution is 5.75. The lowest BCUT2D eigenvalue weighted by molar-refractivity contribution is -0.140. The molecule has 0 N–H and O–H groups in total. The molecule has 3 atom stereocenters. The van der Waals surface area contributed by atoms with Gasteiger partial charge in [0.2, 0.25) is 5.82 Å². The normalized spacial score (nSPS) is 30.2. The molecule has 35 heavy (non-hydrogen) atoms. The zero-order chi connectivity index (χ0) is 24.5. The minimum Gasteiger partial charge on any atom is -0.497 e. The Bertz CT molecular complexity index is 1110. The maximum Gasteiger partial charge on any atom is 0.314 e. The third kappa shape index (κ3) is 5.10. The van der Waals surface area contributed by atoms with E-state index in [9.17, 15) is 18.0 Å². The van der Waals surface area contributed by atoms with Crippen molar-refractivity contribution in [3.8, 4) is 5.75 Å². The van der Waals surface area contributed by atoms with E-state index in [-0.39, 0.29) is 41.0 Å². The fourth-order valence-corrected chi connectivity index (χ4v) is 5.35. The molecule has 1 aliphatic heterocycles. The molecular weight excluding hydrogens is 457 g/mol. The van der Waals surface area contributed by atoms with Gasteiger partial charge >= 0.3 is 5.97 Å². The Morgan fingerprint density at radius 2 is 1.80 bits per heavy atom. The first kappa shape index (κ1) is 23.9. The van der Waals surface area contributed by atoms with E-state index in [1.165, 1.54) is 12.1 Å². The molecule has 1 saturated heterocycles. The van der Waals surface area contributed by atoms with E-state index in [2.05, 4.69) is 6.08 Å². The van der Waals surface area contributed by atoms with Gasteiger partial charge in [-0.2, -0.15) is 4.39 Å². The van der Waals surface area contributed by atoms with E-state index in [1.807, 2.05) is 6.08 Å². The van der Waals surface area contributed by atoms with Crippen LogP contribution in [-0.4, -0.2) is 25.8 Å². The molecule has 2 fully saturated rings. The number of methoxy groups -OCH3 is 1. The van der Waals surface area contributed by atoms with Gasteiger partial charge in [0.1, 0.15) is 11.6 Å². The molecule has 1 aromatic rings. The number of carbonyl (C=O) groups is 1. The minimum absolute atomic E-state index is 0.00772. The lowest BCUT2D eigenvalue weighted by Crippen LogP contribution is -2.27. The quantitative estimate of drug-likeness (QED) is 0.263. The number of benzene rings is 1. The monoisotopic (exact) mass is 486 g/mol. The van der Waals surface area contributed by atoms with Gasteiger partial charge in [-0.15, -0.1) is 0 Å². The van der Waals surface area contributed by atoms with E-state index >= 15 is 0 Å². The molecule has 0 aromatic heterocycles. The summed E-state index contributed by atoms with van der Waals surface area (Å²) in [7, 11) is 1.55. The largest absolute Gasteiger partial charge is 0.497 e. The molecule has 4 aliphatic rings. The van der Waals surface area contributed by atoms with Crippen LogP contribution >= 0.6 is 0 Å². The fourth-order valence-electron chi connectivity index (χ4n) is 5.35. The van der Waals surface area contributed by atoms with Crippen LogP contribution in [0.3, 0.4) is 0 Å². The SMILES string of the molecule is COC1=CCC(c2ccc(OC(=O)C3CCC(C4=CCC(C5CO5)C(F)=C4)CC3)c(F)c2F)C=C1. The molecular formula is C28H29F3O4. The third-order valence-corrected chi connectivity index (χ3v) is 7.59. The van der Waals surface area contributed by atoms with Crippen molar-refractivity contribution in [1.82, 2.24) is 0 Å². The Hall–Kier alpha value is -2.80. The van der Waals surface area contributed by atoms with Crippen LogP contribution in [0.25, 0.3) is 0 Å². The molecule has 5 rings (SSSR count). The highest BCUT2D eigenvalue weighted by Crippen LogP contribution is 2.41. The Morgan fingerprint density at radius 3 is 2.43 bits per heavy atom. The van der Waals surface area contributed by atoms with Gasteiger partial charge in [0.05, 0.1) is 25.7 Å². The van der Waals surface area contributed by atoms with Gasteiger partial charge < -0.3 is 14.2 Å². The minimum atomic E-state index is -1.15. The molecule has 0 bridgehead atoms. The molecule has 3 aliphatic carbocycles. The zero-order valence-electron chi connectivity index (χ0n) is 19.6. The molecule has 0 radical (unpaired) electrons. The van der Waals surface area contributed by atoms with E-state index in [1.54, 1.807) is 25.3 Å². The number of ether oxygens (including phenoxy) is 3. The van der Waals surface area contributed by atoms with Crippen LogP contribution in [0.1, 0.15) is 50.0 Å². The molecule has 0 amide bonds. The number of allylic oxidation sites excluding steroid dienone is 6. The van der Waals surface area contributed by atoms with Gasteiger partial charge in [-0.25, -0.2) is 8.78 Å². The number of hydrogen-bond donors (Lipinski definition) is 0. The van der Waals surface area contributed by atoms with Gasteiger partial charge in [-0.1, -0.05) is 18.2 Å². The molecule has 1 saturated carbocycles. The predicted molar refractivity (Wildman–Crippen MR) is 124 cm³/mol. The number of hydrogen-bond acceptors (Lipinski definition) is 4. The van der Waals surface area contributed by atoms with E-state index in [4.69, 9.17) is 14.2 Å². The topological polar surface area (TPSA) is 48.1 Å². The number of rotatable bonds is 6. The number of esters is 1. The summed E-state index contributed by atoms with van der Waals surface area (Å²) in [6.07, 6.45) is 12.7. The van der Waals surface area contributed by atoms with Gasteiger partial charge in [0.15, 0.2) is 11.6 Å². The van der Waals surface area contributed by atoms with E-state index in [0.717, 1.165) is 18.4 Å². The first-order chi connectivity index (χ1) is 16.9. The maximum absolute atomic E-state index is 14.8. The Morgan fingerprint density at radius 1 is 1.03 bits per heavy atom. The second-order valence-corrected chi connectivity index (χ2v) is 9.71. The van der Waals surface area contributed by atoms with Crippen molar-refractivity contribution < 1.29 is 32.2 Å². The lowest BCUT2D eigenvalue weighted by Gasteiger charge is -2.30. The van der Waals surface area contributed by atoms with Crippen molar-refractivity contribution in [2.45, 2.75) is 50.5 Å². The third-order valence-electron chi connectivity index (χ3n) is 7.59. The molecule has 186 valence electrons. The summed E-state index contributed by atoms with van der Waals surface area (Å²) in [5.74, 6) is -3.22. The summed E-state index contributed by atoms with van der Waals surface area (Å²) in [5, 5.41) is 0. The summed E-state index contributed by atoms with van der Waals surface area (Å²) < 4.78 is 59.6. The number of halogens is 3.